The first-order valence-electron chi connectivity index (χ1n) is 12.0. The molecule has 0 fully saturated rings. The van der Waals surface area contributed by atoms with Gasteiger partial charge in [0, 0.05) is 13.0 Å². The monoisotopic (exact) mass is 433 g/mol. The smallest absolute Gasteiger partial charge is 0.220 e. The Hall–Kier alpha value is -2.01. The number of nitrogens with one attached hydrogen (secondary N) is 1. The van der Waals surface area contributed by atoms with Crippen LogP contribution in [0.2, 0.25) is 0 Å². The topological polar surface area (TPSA) is 78.8 Å². The average molecular weight is 434 g/mol. The van der Waals surface area contributed by atoms with E-state index in [9.17, 15) is 15.0 Å². The Labute approximate surface area is 188 Å². The average Bonchev–Trinajstić information content (AvgIpc) is 2.77. The maximum Gasteiger partial charge on any atom is 0.220 e. The predicted molar refractivity (Wildman–Crippen MR) is 127 cm³/mol. The van der Waals surface area contributed by atoms with E-state index in [0.717, 1.165) is 44.1 Å². The minimum absolute atomic E-state index is 0.0639. The van der Waals surface area contributed by atoms with Gasteiger partial charge in [-0.1, -0.05) is 70.1 Å². The van der Waals surface area contributed by atoms with Crippen molar-refractivity contribution < 1.29 is 19.7 Å². The van der Waals surface area contributed by atoms with Crippen LogP contribution in [0.3, 0.4) is 0 Å². The molecule has 31 heavy (non-hydrogen) atoms. The molecule has 1 rings (SSSR count). The molecule has 0 spiro atoms. The summed E-state index contributed by atoms with van der Waals surface area (Å²) >= 11 is 0. The van der Waals surface area contributed by atoms with E-state index in [1.807, 2.05) is 0 Å². The Kier molecular flexibility index (Phi) is 15.4. The van der Waals surface area contributed by atoms with Gasteiger partial charge in [0.25, 0.3) is 0 Å². The van der Waals surface area contributed by atoms with E-state index >= 15 is 0 Å². The van der Waals surface area contributed by atoms with E-state index in [1.54, 1.807) is 18.2 Å². The molecule has 176 valence electrons. The zero-order valence-corrected chi connectivity index (χ0v) is 19.6. The van der Waals surface area contributed by atoms with Crippen molar-refractivity contribution in [1.82, 2.24) is 5.32 Å². The summed E-state index contributed by atoms with van der Waals surface area (Å²) in [5.41, 5.74) is 0.906. The van der Waals surface area contributed by atoms with Gasteiger partial charge < -0.3 is 20.3 Å². The lowest BCUT2D eigenvalue weighted by Crippen LogP contribution is -2.22. The largest absolute Gasteiger partial charge is 0.504 e. The Bertz CT molecular complexity index is 630. The number of carbonyl (C=O) groups excluding carboxylic acids is 1. The second-order valence-corrected chi connectivity index (χ2v) is 8.30. The SMILES string of the molecule is CCCCCC(O)C/C=C\CCCCCCCCC(=O)NCc1ccc(O)c(OC)c1. The lowest BCUT2D eigenvalue weighted by atomic mass is 10.1. The van der Waals surface area contributed by atoms with Crippen LogP contribution in [0.15, 0.2) is 30.4 Å². The summed E-state index contributed by atoms with van der Waals surface area (Å²) in [6.45, 7) is 2.63. The first-order valence-corrected chi connectivity index (χ1v) is 12.0. The molecule has 1 aromatic carbocycles. The number of amides is 1. The van der Waals surface area contributed by atoms with Crippen LogP contribution in [-0.4, -0.2) is 29.3 Å². The second kappa shape index (κ2) is 17.6. The van der Waals surface area contributed by atoms with E-state index in [2.05, 4.69) is 24.4 Å². The van der Waals surface area contributed by atoms with Gasteiger partial charge in [0.2, 0.25) is 5.91 Å². The molecule has 1 unspecified atom stereocenters. The molecule has 0 aromatic heterocycles. The summed E-state index contributed by atoms with van der Waals surface area (Å²) < 4.78 is 5.08. The van der Waals surface area contributed by atoms with Crippen LogP contribution in [0.4, 0.5) is 0 Å². The molecule has 3 N–H and O–H groups in total. The van der Waals surface area contributed by atoms with Crippen LogP contribution in [0.1, 0.15) is 96.0 Å². The molecule has 5 nitrogen and oxygen atoms in total. The van der Waals surface area contributed by atoms with E-state index in [4.69, 9.17) is 4.74 Å². The molecule has 1 amide bonds. The minimum Gasteiger partial charge on any atom is -0.504 e. The first-order chi connectivity index (χ1) is 15.1. The highest BCUT2D eigenvalue weighted by Gasteiger charge is 2.05. The molecule has 0 aliphatic carbocycles. The van der Waals surface area contributed by atoms with E-state index < -0.39 is 0 Å². The number of aromatic hydroxyl groups is 1. The fraction of sp³-hybridized carbons (Fsp3) is 0.654. The van der Waals surface area contributed by atoms with Crippen molar-refractivity contribution in [2.75, 3.05) is 7.11 Å². The quantitative estimate of drug-likeness (QED) is 0.195. The third-order valence-corrected chi connectivity index (χ3v) is 5.47. The number of aliphatic hydroxyl groups excluding tert-OH is 1. The highest BCUT2D eigenvalue weighted by molar-refractivity contribution is 5.75. The fourth-order valence-corrected chi connectivity index (χ4v) is 3.49. The van der Waals surface area contributed by atoms with Gasteiger partial charge in [0.1, 0.15) is 0 Å². The van der Waals surface area contributed by atoms with Crippen LogP contribution < -0.4 is 10.1 Å². The number of hydrogen-bond acceptors (Lipinski definition) is 4. The Morgan fingerprint density at radius 2 is 1.81 bits per heavy atom. The molecule has 0 saturated heterocycles. The molecular formula is C26H43NO4. The molecule has 0 aliphatic heterocycles. The normalized spacial score (nSPS) is 12.2. The maximum absolute atomic E-state index is 12.0. The number of unbranched alkanes of at least 4 members (excludes halogenated alkanes) is 8. The lowest BCUT2D eigenvalue weighted by molar-refractivity contribution is -0.121. The summed E-state index contributed by atoms with van der Waals surface area (Å²) in [5, 5.41) is 22.4. The Morgan fingerprint density at radius 3 is 2.55 bits per heavy atom. The summed E-state index contributed by atoms with van der Waals surface area (Å²) in [4.78, 5) is 12.0. The van der Waals surface area contributed by atoms with E-state index in [0.29, 0.717) is 18.7 Å². The highest BCUT2D eigenvalue weighted by Crippen LogP contribution is 2.26. The predicted octanol–water partition coefficient (Wildman–Crippen LogP) is 6.03. The van der Waals surface area contributed by atoms with Gasteiger partial charge in [-0.25, -0.2) is 0 Å². The van der Waals surface area contributed by atoms with Gasteiger partial charge in [-0.3, -0.25) is 4.79 Å². The van der Waals surface area contributed by atoms with Crippen molar-refractivity contribution in [3.8, 4) is 11.5 Å². The molecule has 0 aliphatic rings. The summed E-state index contributed by atoms with van der Waals surface area (Å²) in [7, 11) is 1.51. The zero-order chi connectivity index (χ0) is 22.7. The molecule has 0 saturated carbocycles. The molecule has 0 radical (unpaired) electrons. The van der Waals surface area contributed by atoms with E-state index in [1.165, 1.54) is 45.6 Å². The molecule has 0 bridgehead atoms. The van der Waals surface area contributed by atoms with Crippen molar-refractivity contribution >= 4 is 5.91 Å². The van der Waals surface area contributed by atoms with Gasteiger partial charge >= 0.3 is 0 Å². The van der Waals surface area contributed by atoms with Gasteiger partial charge in [-0.05, 0) is 49.8 Å². The first kappa shape index (κ1) is 27.0. The third kappa shape index (κ3) is 13.8. The number of rotatable bonds is 18. The van der Waals surface area contributed by atoms with Gasteiger partial charge in [-0.2, -0.15) is 0 Å². The summed E-state index contributed by atoms with van der Waals surface area (Å²) in [5.74, 6) is 0.585. The van der Waals surface area contributed by atoms with Crippen LogP contribution >= 0.6 is 0 Å². The van der Waals surface area contributed by atoms with Gasteiger partial charge in [-0.15, -0.1) is 0 Å². The number of ether oxygens (including phenoxy) is 1. The molecule has 5 heteroatoms. The minimum atomic E-state index is -0.177. The number of hydrogen-bond donors (Lipinski definition) is 3. The Morgan fingerprint density at radius 1 is 1.06 bits per heavy atom. The van der Waals surface area contributed by atoms with Crippen LogP contribution in [0, 0.1) is 0 Å². The van der Waals surface area contributed by atoms with E-state index in [-0.39, 0.29) is 17.8 Å². The summed E-state index contributed by atoms with van der Waals surface area (Å²) in [6, 6.07) is 5.09. The molecule has 1 aromatic rings. The number of phenolic OH excluding ortho intramolecular Hbond substituents is 1. The number of aliphatic hydroxyl groups is 1. The van der Waals surface area contributed by atoms with Crippen LogP contribution in [-0.2, 0) is 11.3 Å². The number of allylic oxidation sites excluding steroid dienone is 1. The number of carbonyl (C=O) groups is 1. The Balaban J connectivity index is 1.95. The van der Waals surface area contributed by atoms with Crippen molar-refractivity contribution in [3.05, 3.63) is 35.9 Å². The van der Waals surface area contributed by atoms with Crippen molar-refractivity contribution in [2.45, 2.75) is 103 Å². The molecule has 0 heterocycles. The number of methoxy groups -OCH3 is 1. The third-order valence-electron chi connectivity index (χ3n) is 5.47. The van der Waals surface area contributed by atoms with Crippen molar-refractivity contribution in [2.24, 2.45) is 0 Å². The maximum atomic E-state index is 12.0. The fourth-order valence-electron chi connectivity index (χ4n) is 3.49. The van der Waals surface area contributed by atoms with Gasteiger partial charge in [0.05, 0.1) is 13.2 Å². The standard InChI is InChI=1S/C26H43NO4/c1-3-4-12-15-23(28)16-13-10-8-6-5-7-9-11-14-17-26(30)27-21-22-18-19-24(29)25(20-22)31-2/h10,13,18-20,23,28-29H,3-9,11-12,14-17,21H2,1-2H3,(H,27,30)/b13-10-. The highest BCUT2D eigenvalue weighted by atomic mass is 16.5. The van der Waals surface area contributed by atoms with Crippen molar-refractivity contribution in [3.63, 3.8) is 0 Å². The van der Waals surface area contributed by atoms with Gasteiger partial charge in [0.15, 0.2) is 11.5 Å². The second-order valence-electron chi connectivity index (χ2n) is 8.30. The number of phenols is 1. The van der Waals surface area contributed by atoms with Crippen LogP contribution in [0.5, 0.6) is 11.5 Å². The molecule has 1 atom stereocenters. The summed E-state index contributed by atoms with van der Waals surface area (Å²) in [6.07, 6.45) is 17.8. The lowest BCUT2D eigenvalue weighted by Gasteiger charge is -2.08. The molecular weight excluding hydrogens is 390 g/mol. The van der Waals surface area contributed by atoms with Crippen molar-refractivity contribution in [1.29, 1.82) is 0 Å². The zero-order valence-electron chi connectivity index (χ0n) is 19.6. The number of benzene rings is 1. The van der Waals surface area contributed by atoms with Crippen LogP contribution in [0.25, 0.3) is 0 Å².